The fraction of sp³-hybridized carbons (Fsp3) is 0.182. The van der Waals surface area contributed by atoms with E-state index in [1.165, 1.54) is 6.26 Å². The molecule has 0 aliphatic rings. The zero-order valence-corrected chi connectivity index (χ0v) is 10.8. The van der Waals surface area contributed by atoms with Gasteiger partial charge in [0.1, 0.15) is 16.3 Å². The van der Waals surface area contributed by atoms with Crippen molar-refractivity contribution in [2.45, 2.75) is 17.9 Å². The highest BCUT2D eigenvalue weighted by atomic mass is 32.2. The number of hydrogen-bond donors (Lipinski definition) is 3. The lowest BCUT2D eigenvalue weighted by Crippen LogP contribution is -2.26. The van der Waals surface area contributed by atoms with Crippen LogP contribution >= 0.6 is 0 Å². The van der Waals surface area contributed by atoms with Crippen molar-refractivity contribution in [3.63, 3.8) is 0 Å². The number of aromatic amines is 1. The van der Waals surface area contributed by atoms with Crippen molar-refractivity contribution < 1.29 is 22.7 Å². The molecule has 0 aromatic carbocycles. The molecule has 2 aromatic rings. The molecule has 0 bridgehead atoms. The number of carbonyl (C=O) groups is 1. The van der Waals surface area contributed by atoms with Gasteiger partial charge in [-0.1, -0.05) is 0 Å². The zero-order valence-electron chi connectivity index (χ0n) is 9.95. The van der Waals surface area contributed by atoms with Gasteiger partial charge in [-0.25, -0.2) is 17.9 Å². The average Bonchev–Trinajstić information content (AvgIpc) is 3.00. The molecule has 0 saturated heterocycles. The Hall–Kier alpha value is -2.06. The fourth-order valence-corrected chi connectivity index (χ4v) is 2.75. The van der Waals surface area contributed by atoms with Crippen LogP contribution in [0.5, 0.6) is 0 Å². The number of nitrogens with one attached hydrogen (secondary N) is 2. The topological polar surface area (TPSA) is 112 Å². The number of aromatic carboxylic acids is 1. The van der Waals surface area contributed by atoms with E-state index >= 15 is 0 Å². The Morgan fingerprint density at radius 1 is 1.53 bits per heavy atom. The Morgan fingerprint density at radius 3 is 2.79 bits per heavy atom. The normalized spacial score (nSPS) is 13.3. The largest absolute Gasteiger partial charge is 0.477 e. The van der Waals surface area contributed by atoms with Gasteiger partial charge in [0.15, 0.2) is 0 Å². The Labute approximate surface area is 109 Å². The lowest BCUT2D eigenvalue weighted by atomic mass is 10.3. The highest BCUT2D eigenvalue weighted by Crippen LogP contribution is 2.17. The van der Waals surface area contributed by atoms with Crippen LogP contribution in [0.4, 0.5) is 0 Å². The third-order valence-corrected chi connectivity index (χ3v) is 4.02. The van der Waals surface area contributed by atoms with Crippen LogP contribution in [-0.2, 0) is 10.0 Å². The lowest BCUT2D eigenvalue weighted by molar-refractivity contribution is 0.0691. The van der Waals surface area contributed by atoms with Gasteiger partial charge in [0, 0.05) is 6.20 Å². The van der Waals surface area contributed by atoms with Crippen molar-refractivity contribution in [2.75, 3.05) is 0 Å². The SMILES string of the molecule is CC(NS(=O)(=O)c1c[nH]c(C(=O)O)c1)c1ccco1. The highest BCUT2D eigenvalue weighted by Gasteiger charge is 2.22. The number of carboxylic acids is 1. The second kappa shape index (κ2) is 4.90. The van der Waals surface area contributed by atoms with Crippen LogP contribution in [0.2, 0.25) is 0 Å². The Morgan fingerprint density at radius 2 is 2.26 bits per heavy atom. The molecule has 0 aliphatic heterocycles. The molecule has 7 nitrogen and oxygen atoms in total. The van der Waals surface area contributed by atoms with E-state index < -0.39 is 22.0 Å². The number of aromatic nitrogens is 1. The van der Waals surface area contributed by atoms with Gasteiger partial charge in [0.25, 0.3) is 0 Å². The second-order valence-electron chi connectivity index (χ2n) is 3.91. The smallest absolute Gasteiger partial charge is 0.352 e. The molecule has 0 spiro atoms. The predicted molar refractivity (Wildman–Crippen MR) is 65.2 cm³/mol. The summed E-state index contributed by atoms with van der Waals surface area (Å²) in [5, 5.41) is 8.73. The summed E-state index contributed by atoms with van der Waals surface area (Å²) in [4.78, 5) is 12.9. The molecule has 0 aliphatic carbocycles. The maximum Gasteiger partial charge on any atom is 0.352 e. The summed E-state index contributed by atoms with van der Waals surface area (Å²) in [6.45, 7) is 1.63. The maximum atomic E-state index is 12.0. The zero-order chi connectivity index (χ0) is 14.0. The van der Waals surface area contributed by atoms with Gasteiger partial charge >= 0.3 is 5.97 Å². The van der Waals surface area contributed by atoms with Gasteiger partial charge in [-0.05, 0) is 25.1 Å². The first kappa shape index (κ1) is 13.4. The number of hydrogen-bond acceptors (Lipinski definition) is 4. The Bertz CT molecular complexity index is 672. The number of H-pyrrole nitrogens is 1. The first-order valence-corrected chi connectivity index (χ1v) is 6.86. The first-order chi connectivity index (χ1) is 8.90. The molecule has 8 heteroatoms. The highest BCUT2D eigenvalue weighted by molar-refractivity contribution is 7.89. The first-order valence-electron chi connectivity index (χ1n) is 5.37. The van der Waals surface area contributed by atoms with Gasteiger partial charge in [-0.15, -0.1) is 0 Å². The van der Waals surface area contributed by atoms with Crippen LogP contribution in [0.15, 0.2) is 40.0 Å². The molecule has 3 N–H and O–H groups in total. The lowest BCUT2D eigenvalue weighted by Gasteiger charge is -2.10. The molecule has 102 valence electrons. The van der Waals surface area contributed by atoms with E-state index in [0.29, 0.717) is 5.76 Å². The molecule has 19 heavy (non-hydrogen) atoms. The van der Waals surface area contributed by atoms with E-state index in [1.807, 2.05) is 0 Å². The molecule has 0 saturated carbocycles. The van der Waals surface area contributed by atoms with E-state index in [0.717, 1.165) is 12.3 Å². The van der Waals surface area contributed by atoms with Gasteiger partial charge < -0.3 is 14.5 Å². The van der Waals surface area contributed by atoms with Crippen molar-refractivity contribution in [1.29, 1.82) is 0 Å². The van der Waals surface area contributed by atoms with Gasteiger partial charge in [-0.2, -0.15) is 0 Å². The number of rotatable bonds is 5. The molecular formula is C11H12N2O5S. The monoisotopic (exact) mass is 284 g/mol. The molecule has 0 radical (unpaired) electrons. The summed E-state index contributed by atoms with van der Waals surface area (Å²) in [6, 6.07) is 3.80. The molecular weight excluding hydrogens is 272 g/mol. The van der Waals surface area contributed by atoms with E-state index in [2.05, 4.69) is 9.71 Å². The molecule has 1 unspecified atom stereocenters. The maximum absolute atomic E-state index is 12.0. The third-order valence-electron chi connectivity index (χ3n) is 2.50. The number of sulfonamides is 1. The van der Waals surface area contributed by atoms with Gasteiger partial charge in [0.05, 0.1) is 12.3 Å². The van der Waals surface area contributed by atoms with Crippen LogP contribution in [-0.4, -0.2) is 24.5 Å². The molecule has 1 atom stereocenters. The Balaban J connectivity index is 2.20. The fourth-order valence-electron chi connectivity index (χ4n) is 1.55. The summed E-state index contributed by atoms with van der Waals surface area (Å²) < 4.78 is 31.5. The van der Waals surface area contributed by atoms with Crippen LogP contribution in [0.1, 0.15) is 29.2 Å². The predicted octanol–water partition coefficient (Wildman–Crippen LogP) is 1.35. The van der Waals surface area contributed by atoms with E-state index in [4.69, 9.17) is 9.52 Å². The van der Waals surface area contributed by atoms with Crippen molar-refractivity contribution in [3.8, 4) is 0 Å². The molecule has 0 fully saturated rings. The Kier molecular flexibility index (Phi) is 3.45. The minimum atomic E-state index is -3.80. The summed E-state index contributed by atoms with van der Waals surface area (Å²) in [5.41, 5.74) is -0.189. The summed E-state index contributed by atoms with van der Waals surface area (Å²) in [5.74, 6) is -0.752. The van der Waals surface area contributed by atoms with Crippen molar-refractivity contribution in [3.05, 3.63) is 42.1 Å². The van der Waals surface area contributed by atoms with E-state index in [1.54, 1.807) is 19.1 Å². The van der Waals surface area contributed by atoms with E-state index in [9.17, 15) is 13.2 Å². The summed E-state index contributed by atoms with van der Waals surface area (Å²) in [7, 11) is -3.80. The summed E-state index contributed by atoms with van der Waals surface area (Å²) in [6.07, 6.45) is 2.57. The average molecular weight is 284 g/mol. The number of carboxylic acid groups (broad SMARTS) is 1. The van der Waals surface area contributed by atoms with Gasteiger partial charge in [-0.3, -0.25) is 0 Å². The molecule has 0 amide bonds. The standard InChI is InChI=1S/C11H12N2O5S/c1-7(10-3-2-4-18-10)13-19(16,17)8-5-9(11(14)15)12-6-8/h2-7,12-13H,1H3,(H,14,15). The number of furan rings is 1. The summed E-state index contributed by atoms with van der Waals surface area (Å²) >= 11 is 0. The molecule has 2 aromatic heterocycles. The van der Waals surface area contributed by atoms with Crippen LogP contribution in [0.25, 0.3) is 0 Å². The van der Waals surface area contributed by atoms with Crippen molar-refractivity contribution in [1.82, 2.24) is 9.71 Å². The third kappa shape index (κ3) is 2.85. The van der Waals surface area contributed by atoms with Crippen molar-refractivity contribution in [2.24, 2.45) is 0 Å². The van der Waals surface area contributed by atoms with E-state index in [-0.39, 0.29) is 10.6 Å². The molecule has 2 heterocycles. The minimum Gasteiger partial charge on any atom is -0.477 e. The van der Waals surface area contributed by atoms with Crippen molar-refractivity contribution >= 4 is 16.0 Å². The quantitative estimate of drug-likeness (QED) is 0.767. The van der Waals surface area contributed by atoms with Crippen LogP contribution in [0, 0.1) is 0 Å². The van der Waals surface area contributed by atoms with Crippen LogP contribution in [0.3, 0.4) is 0 Å². The van der Waals surface area contributed by atoms with Gasteiger partial charge in [0.2, 0.25) is 10.0 Å². The van der Waals surface area contributed by atoms with Crippen LogP contribution < -0.4 is 4.72 Å². The molecule has 2 rings (SSSR count). The minimum absolute atomic E-state index is 0.136. The second-order valence-corrected chi connectivity index (χ2v) is 5.63.